The van der Waals surface area contributed by atoms with Crippen LogP contribution in [0.2, 0.25) is 0 Å². The zero-order chi connectivity index (χ0) is 15.5. The topological polar surface area (TPSA) is 58.4 Å². The van der Waals surface area contributed by atoms with Crippen LogP contribution < -0.4 is 11.1 Å². The smallest absolute Gasteiger partial charge is 0.224 e. The van der Waals surface area contributed by atoms with Gasteiger partial charge in [-0.05, 0) is 44.6 Å². The lowest BCUT2D eigenvalue weighted by atomic mass is 9.74. The van der Waals surface area contributed by atoms with Crippen LogP contribution >= 0.6 is 0 Å². The number of nitrogens with two attached hydrogens (primary N) is 1. The fourth-order valence-corrected chi connectivity index (χ4v) is 3.92. The molecule has 1 amide bonds. The summed E-state index contributed by atoms with van der Waals surface area (Å²) in [5.74, 6) is 1.51. The van der Waals surface area contributed by atoms with Gasteiger partial charge in [0.05, 0.1) is 5.92 Å². The van der Waals surface area contributed by atoms with E-state index >= 15 is 0 Å². The van der Waals surface area contributed by atoms with E-state index < -0.39 is 0 Å². The second-order valence-corrected chi connectivity index (χ2v) is 7.86. The van der Waals surface area contributed by atoms with Crippen LogP contribution in [0.1, 0.15) is 52.9 Å². The second kappa shape index (κ2) is 7.10. The molecule has 3 unspecified atom stereocenters. The van der Waals surface area contributed by atoms with E-state index in [0.717, 1.165) is 44.7 Å². The first-order valence-corrected chi connectivity index (χ1v) is 8.67. The van der Waals surface area contributed by atoms with Crippen molar-refractivity contribution in [3.8, 4) is 0 Å². The van der Waals surface area contributed by atoms with Gasteiger partial charge in [-0.1, -0.05) is 26.7 Å². The monoisotopic (exact) mass is 295 g/mol. The highest BCUT2D eigenvalue weighted by Crippen LogP contribution is 2.31. The summed E-state index contributed by atoms with van der Waals surface area (Å²) in [4.78, 5) is 14.9. The predicted octanol–water partition coefficient (Wildman–Crippen LogP) is 1.99. The molecule has 4 nitrogen and oxygen atoms in total. The number of nitrogens with zero attached hydrogens (tertiary/aromatic N) is 1. The van der Waals surface area contributed by atoms with Crippen molar-refractivity contribution in [2.45, 2.75) is 58.4 Å². The minimum atomic E-state index is -0.318. The van der Waals surface area contributed by atoms with E-state index in [9.17, 15) is 4.79 Å². The van der Waals surface area contributed by atoms with Crippen LogP contribution in [0.4, 0.5) is 0 Å². The molecule has 122 valence electrons. The van der Waals surface area contributed by atoms with Crippen molar-refractivity contribution in [3.05, 3.63) is 0 Å². The SMILES string of the molecule is CC(C)CN1CCC(CNC(=O)C2CCCCC2(C)N)C1. The molecule has 3 N–H and O–H groups in total. The summed E-state index contributed by atoms with van der Waals surface area (Å²) in [6.07, 6.45) is 5.41. The van der Waals surface area contributed by atoms with E-state index in [4.69, 9.17) is 5.73 Å². The van der Waals surface area contributed by atoms with Crippen LogP contribution in [0, 0.1) is 17.8 Å². The summed E-state index contributed by atoms with van der Waals surface area (Å²) in [6.45, 7) is 10.9. The molecule has 0 aromatic rings. The van der Waals surface area contributed by atoms with Crippen LogP contribution in [-0.4, -0.2) is 42.5 Å². The van der Waals surface area contributed by atoms with Crippen molar-refractivity contribution >= 4 is 5.91 Å². The van der Waals surface area contributed by atoms with Crippen LogP contribution in [0.15, 0.2) is 0 Å². The lowest BCUT2D eigenvalue weighted by Crippen LogP contribution is -2.53. The molecule has 0 bridgehead atoms. The molecule has 2 fully saturated rings. The van der Waals surface area contributed by atoms with E-state index in [1.807, 2.05) is 6.92 Å². The molecule has 21 heavy (non-hydrogen) atoms. The maximum absolute atomic E-state index is 12.4. The molecule has 0 spiro atoms. The molecular formula is C17H33N3O. The van der Waals surface area contributed by atoms with Gasteiger partial charge < -0.3 is 16.0 Å². The van der Waals surface area contributed by atoms with Gasteiger partial charge >= 0.3 is 0 Å². The molecule has 1 saturated carbocycles. The number of hydrogen-bond acceptors (Lipinski definition) is 3. The fraction of sp³-hybridized carbons (Fsp3) is 0.941. The molecule has 1 saturated heterocycles. The normalized spacial score (nSPS) is 34.3. The van der Waals surface area contributed by atoms with Crippen molar-refractivity contribution in [1.29, 1.82) is 0 Å². The van der Waals surface area contributed by atoms with E-state index in [0.29, 0.717) is 5.92 Å². The molecule has 0 radical (unpaired) electrons. The first-order valence-electron chi connectivity index (χ1n) is 8.67. The van der Waals surface area contributed by atoms with Gasteiger partial charge in [-0.25, -0.2) is 0 Å². The Balaban J connectivity index is 1.74. The molecular weight excluding hydrogens is 262 g/mol. The average Bonchev–Trinajstić information content (AvgIpc) is 2.82. The van der Waals surface area contributed by atoms with E-state index in [1.165, 1.54) is 19.5 Å². The first kappa shape index (κ1) is 16.8. The van der Waals surface area contributed by atoms with Gasteiger partial charge in [0.2, 0.25) is 5.91 Å². The Labute approximate surface area is 129 Å². The van der Waals surface area contributed by atoms with E-state index in [2.05, 4.69) is 24.1 Å². The van der Waals surface area contributed by atoms with Gasteiger partial charge in [-0.3, -0.25) is 4.79 Å². The summed E-state index contributed by atoms with van der Waals surface area (Å²) in [5.41, 5.74) is 6.00. The predicted molar refractivity (Wildman–Crippen MR) is 86.9 cm³/mol. The number of carbonyl (C=O) groups excluding carboxylic acids is 1. The Kier molecular flexibility index (Phi) is 5.67. The molecule has 1 heterocycles. The van der Waals surface area contributed by atoms with Gasteiger partial charge in [-0.15, -0.1) is 0 Å². The number of rotatable bonds is 5. The maximum atomic E-state index is 12.4. The fourth-order valence-electron chi connectivity index (χ4n) is 3.92. The first-order chi connectivity index (χ1) is 9.88. The minimum Gasteiger partial charge on any atom is -0.355 e. The number of nitrogens with one attached hydrogen (secondary N) is 1. The average molecular weight is 295 g/mol. The van der Waals surface area contributed by atoms with Gasteiger partial charge in [0, 0.05) is 25.2 Å². The molecule has 4 heteroatoms. The zero-order valence-corrected chi connectivity index (χ0v) is 14.0. The Bertz CT molecular complexity index is 354. The summed E-state index contributed by atoms with van der Waals surface area (Å²) in [6, 6.07) is 0. The highest BCUT2D eigenvalue weighted by atomic mass is 16.1. The third kappa shape index (κ3) is 4.68. The largest absolute Gasteiger partial charge is 0.355 e. The third-order valence-corrected chi connectivity index (χ3v) is 5.13. The zero-order valence-electron chi connectivity index (χ0n) is 14.0. The quantitative estimate of drug-likeness (QED) is 0.815. The summed E-state index contributed by atoms with van der Waals surface area (Å²) in [5, 5.41) is 3.18. The Morgan fingerprint density at radius 3 is 2.81 bits per heavy atom. The third-order valence-electron chi connectivity index (χ3n) is 5.13. The lowest BCUT2D eigenvalue weighted by molar-refractivity contribution is -0.128. The van der Waals surface area contributed by atoms with E-state index in [-0.39, 0.29) is 17.4 Å². The Hall–Kier alpha value is -0.610. The standard InChI is InChI=1S/C17H33N3O/c1-13(2)11-20-9-7-14(12-20)10-19-16(21)15-6-4-5-8-17(15,3)18/h13-15H,4-12,18H2,1-3H3,(H,19,21). The van der Waals surface area contributed by atoms with Gasteiger partial charge in [0.25, 0.3) is 0 Å². The lowest BCUT2D eigenvalue weighted by Gasteiger charge is -2.37. The highest BCUT2D eigenvalue weighted by Gasteiger charge is 2.37. The Morgan fingerprint density at radius 1 is 1.38 bits per heavy atom. The van der Waals surface area contributed by atoms with E-state index in [1.54, 1.807) is 0 Å². The van der Waals surface area contributed by atoms with Crippen molar-refractivity contribution < 1.29 is 4.79 Å². The molecule has 1 aliphatic carbocycles. The molecule has 0 aromatic heterocycles. The molecule has 2 rings (SSSR count). The van der Waals surface area contributed by atoms with Crippen LogP contribution in [0.5, 0.6) is 0 Å². The highest BCUT2D eigenvalue weighted by molar-refractivity contribution is 5.80. The second-order valence-electron chi connectivity index (χ2n) is 7.86. The number of hydrogen-bond donors (Lipinski definition) is 2. The van der Waals surface area contributed by atoms with Crippen molar-refractivity contribution in [2.24, 2.45) is 23.5 Å². The molecule has 3 atom stereocenters. The van der Waals surface area contributed by atoms with Crippen molar-refractivity contribution in [2.75, 3.05) is 26.2 Å². The van der Waals surface area contributed by atoms with Crippen LogP contribution in [0.3, 0.4) is 0 Å². The van der Waals surface area contributed by atoms with Crippen molar-refractivity contribution in [1.82, 2.24) is 10.2 Å². The molecule has 0 aromatic carbocycles. The Morgan fingerprint density at radius 2 is 2.14 bits per heavy atom. The summed E-state index contributed by atoms with van der Waals surface area (Å²) < 4.78 is 0. The van der Waals surface area contributed by atoms with Crippen LogP contribution in [-0.2, 0) is 4.79 Å². The number of likely N-dealkylation sites (tertiary alicyclic amines) is 1. The summed E-state index contributed by atoms with van der Waals surface area (Å²) in [7, 11) is 0. The molecule has 1 aliphatic heterocycles. The van der Waals surface area contributed by atoms with Gasteiger partial charge in [-0.2, -0.15) is 0 Å². The maximum Gasteiger partial charge on any atom is 0.224 e. The van der Waals surface area contributed by atoms with Crippen molar-refractivity contribution in [3.63, 3.8) is 0 Å². The number of carbonyl (C=O) groups is 1. The van der Waals surface area contributed by atoms with Crippen LogP contribution in [0.25, 0.3) is 0 Å². The minimum absolute atomic E-state index is 0.000537. The van der Waals surface area contributed by atoms with Gasteiger partial charge in [0.1, 0.15) is 0 Å². The molecule has 2 aliphatic rings. The number of amides is 1. The summed E-state index contributed by atoms with van der Waals surface area (Å²) >= 11 is 0. The van der Waals surface area contributed by atoms with Gasteiger partial charge in [0.15, 0.2) is 0 Å².